The van der Waals surface area contributed by atoms with Gasteiger partial charge in [0.15, 0.2) is 5.22 Å². The maximum Gasteiger partial charge on any atom is 0.288 e. The largest absolute Gasteiger partial charge is 0.288 e. The molecule has 4 heteroatoms. The van der Waals surface area contributed by atoms with E-state index in [1.54, 1.807) is 0 Å². The van der Waals surface area contributed by atoms with E-state index in [0.717, 1.165) is 5.84 Å². The van der Waals surface area contributed by atoms with E-state index in [1.165, 1.54) is 0 Å². The van der Waals surface area contributed by atoms with Crippen molar-refractivity contribution >= 4 is 5.84 Å². The fraction of sp³-hybridized carbons (Fsp3) is 0.750. The minimum absolute atomic E-state index is 0.394. The minimum Gasteiger partial charge on any atom is -0.122 e. The smallest absolute Gasteiger partial charge is 0.122 e. The first kappa shape index (κ1) is 5.21. The zero-order valence-electron chi connectivity index (χ0n) is 4.92. The Hall–Kier alpha value is -0.930. The van der Waals surface area contributed by atoms with Crippen molar-refractivity contribution in [3.63, 3.8) is 0 Å². The van der Waals surface area contributed by atoms with Crippen LogP contribution in [0, 0.1) is 5.92 Å². The fourth-order valence-electron chi connectivity index (χ4n) is 0.411. The summed E-state index contributed by atoms with van der Waals surface area (Å²) in [6.07, 6.45) is 0. The lowest BCUT2D eigenvalue weighted by Crippen LogP contribution is -2.24. The maximum atomic E-state index is 3.70. The van der Waals surface area contributed by atoms with Crippen LogP contribution in [0.15, 0.2) is 10.3 Å². The summed E-state index contributed by atoms with van der Waals surface area (Å²) in [4.78, 5) is 0. The zero-order valence-corrected chi connectivity index (χ0v) is 4.92. The van der Waals surface area contributed by atoms with Gasteiger partial charge in [0, 0.05) is 5.92 Å². The number of amidine groups is 1. The lowest BCUT2D eigenvalue weighted by molar-refractivity contribution is 0.773. The Morgan fingerprint density at radius 1 is 1.62 bits per heavy atom. The van der Waals surface area contributed by atoms with Crippen molar-refractivity contribution < 1.29 is 0 Å². The average molecular weight is 112 g/mol. The molecule has 0 atom stereocenters. The summed E-state index contributed by atoms with van der Waals surface area (Å²) >= 11 is 0. The van der Waals surface area contributed by atoms with Crippen molar-refractivity contribution in [2.75, 3.05) is 0 Å². The first-order chi connectivity index (χ1) is 3.80. The summed E-state index contributed by atoms with van der Waals surface area (Å²) in [7, 11) is 0. The second kappa shape index (κ2) is 1.90. The van der Waals surface area contributed by atoms with E-state index in [0.29, 0.717) is 5.92 Å². The molecule has 0 bridgehead atoms. The quantitative estimate of drug-likeness (QED) is 0.519. The van der Waals surface area contributed by atoms with Gasteiger partial charge < -0.3 is 0 Å². The molecule has 0 amide bonds. The van der Waals surface area contributed by atoms with Gasteiger partial charge in [-0.2, -0.15) is 0 Å². The molecule has 0 spiro atoms. The molecule has 1 N–H and O–H groups in total. The summed E-state index contributed by atoms with van der Waals surface area (Å²) < 4.78 is 0. The van der Waals surface area contributed by atoms with E-state index in [4.69, 9.17) is 0 Å². The second-order valence-electron chi connectivity index (χ2n) is 1.94. The predicted octanol–water partition coefficient (Wildman–Crippen LogP) is 0.262. The minimum atomic E-state index is 0.394. The molecule has 1 rings (SSSR count). The number of nitrogens with zero attached hydrogens (tertiary/aromatic N) is 3. The van der Waals surface area contributed by atoms with Gasteiger partial charge in [-0.15, -0.1) is 5.43 Å². The van der Waals surface area contributed by atoms with E-state index in [-0.39, 0.29) is 0 Å². The molecular weight excluding hydrogens is 104 g/mol. The molecule has 0 fully saturated rings. The Balaban J connectivity index is 2.51. The van der Waals surface area contributed by atoms with Gasteiger partial charge in [-0.3, -0.25) is 0 Å². The van der Waals surface area contributed by atoms with E-state index >= 15 is 0 Å². The highest BCUT2D eigenvalue weighted by Gasteiger charge is 2.17. The van der Waals surface area contributed by atoms with Crippen LogP contribution in [0.5, 0.6) is 0 Å². The van der Waals surface area contributed by atoms with Crippen LogP contribution in [0.4, 0.5) is 0 Å². The van der Waals surface area contributed by atoms with Crippen LogP contribution in [0.25, 0.3) is 0 Å². The van der Waals surface area contributed by atoms with Crippen LogP contribution >= 0.6 is 0 Å². The summed E-state index contributed by atoms with van der Waals surface area (Å²) in [5, 5.41) is 10.5. The third-order valence-electron chi connectivity index (χ3n) is 0.909. The van der Waals surface area contributed by atoms with Gasteiger partial charge in [0.05, 0.1) is 5.10 Å². The highest BCUT2D eigenvalue weighted by Crippen LogP contribution is 1.95. The molecule has 1 radical (unpaired) electrons. The first-order valence-electron chi connectivity index (χ1n) is 2.54. The molecule has 1 aliphatic heterocycles. The van der Waals surface area contributed by atoms with Crippen LogP contribution in [-0.4, -0.2) is 5.84 Å². The molecule has 0 aromatic rings. The summed E-state index contributed by atoms with van der Waals surface area (Å²) in [5.74, 6) is 1.23. The molecule has 1 aliphatic rings. The van der Waals surface area contributed by atoms with Gasteiger partial charge in [0.2, 0.25) is 5.22 Å². The SMILES string of the molecule is CC(C)C1=NN=[N+]N1. The average Bonchev–Trinajstić information content (AvgIpc) is 2.12. The van der Waals surface area contributed by atoms with E-state index in [9.17, 15) is 0 Å². The number of nitrogens with one attached hydrogen (secondary N) is 1. The van der Waals surface area contributed by atoms with Crippen molar-refractivity contribution in [2.45, 2.75) is 13.8 Å². The van der Waals surface area contributed by atoms with Crippen LogP contribution in [0.3, 0.4) is 0 Å². The molecule has 4 nitrogen and oxygen atoms in total. The van der Waals surface area contributed by atoms with Crippen LogP contribution in [0.2, 0.25) is 0 Å². The Morgan fingerprint density at radius 2 is 2.38 bits per heavy atom. The highest BCUT2D eigenvalue weighted by molar-refractivity contribution is 5.83. The van der Waals surface area contributed by atoms with Gasteiger partial charge in [-0.1, -0.05) is 13.8 Å². The fourth-order valence-corrected chi connectivity index (χ4v) is 0.411. The third-order valence-corrected chi connectivity index (χ3v) is 0.909. The van der Waals surface area contributed by atoms with Crippen LogP contribution < -0.4 is 10.6 Å². The second-order valence-corrected chi connectivity index (χ2v) is 1.94. The topological polar surface area (TPSA) is 50.9 Å². The van der Waals surface area contributed by atoms with Crippen molar-refractivity contribution in [2.24, 2.45) is 16.2 Å². The maximum absolute atomic E-state index is 3.70. The Bertz CT molecular complexity index is 135. The Morgan fingerprint density at radius 3 is 2.62 bits per heavy atom. The lowest BCUT2D eigenvalue weighted by Gasteiger charge is -1.90. The molecular formula is C4H8N4+. The van der Waals surface area contributed by atoms with Crippen molar-refractivity contribution in [1.29, 1.82) is 0 Å². The molecule has 0 aromatic carbocycles. The molecule has 0 aliphatic carbocycles. The van der Waals surface area contributed by atoms with Gasteiger partial charge >= 0.3 is 0 Å². The van der Waals surface area contributed by atoms with E-state index in [1.807, 2.05) is 13.8 Å². The number of rotatable bonds is 1. The van der Waals surface area contributed by atoms with Crippen molar-refractivity contribution in [1.82, 2.24) is 10.6 Å². The molecule has 0 saturated heterocycles. The third kappa shape index (κ3) is 0.828. The van der Waals surface area contributed by atoms with Gasteiger partial charge in [-0.05, 0) is 0 Å². The zero-order chi connectivity index (χ0) is 5.98. The molecule has 8 heavy (non-hydrogen) atoms. The van der Waals surface area contributed by atoms with E-state index < -0.39 is 0 Å². The Labute approximate surface area is 47.7 Å². The van der Waals surface area contributed by atoms with Gasteiger partial charge in [0.1, 0.15) is 0 Å². The monoisotopic (exact) mass is 112 g/mol. The standard InChI is InChI=1S/C4H8N4/c1-3(2)4-5-7-8-6-4/h3H,1-2H3,(H,5,6,7)/q+1. The Kier molecular flexibility index (Phi) is 1.24. The molecule has 43 valence electrons. The highest BCUT2D eigenvalue weighted by atomic mass is 15.6. The van der Waals surface area contributed by atoms with Crippen molar-refractivity contribution in [3.05, 3.63) is 0 Å². The van der Waals surface area contributed by atoms with Crippen LogP contribution in [0.1, 0.15) is 13.8 Å². The molecule has 0 saturated carbocycles. The normalized spacial score (nSPS) is 16.6. The number of hydrogen-bond acceptors (Lipinski definition) is 4. The lowest BCUT2D eigenvalue weighted by atomic mass is 10.2. The van der Waals surface area contributed by atoms with Gasteiger partial charge in [-0.25, -0.2) is 0 Å². The van der Waals surface area contributed by atoms with Crippen LogP contribution in [-0.2, 0) is 0 Å². The molecule has 0 aromatic heterocycles. The first-order valence-corrected chi connectivity index (χ1v) is 2.54. The summed E-state index contributed by atoms with van der Waals surface area (Å²) in [6, 6.07) is 0. The summed E-state index contributed by atoms with van der Waals surface area (Å²) in [6.45, 7) is 4.06. The molecule has 0 unspecified atom stereocenters. The number of hydrogen-bond donors (Lipinski definition) is 1. The van der Waals surface area contributed by atoms with E-state index in [2.05, 4.69) is 21.0 Å². The van der Waals surface area contributed by atoms with Gasteiger partial charge in [0.25, 0.3) is 5.84 Å². The predicted molar refractivity (Wildman–Crippen MR) is 30.0 cm³/mol. The summed E-state index contributed by atoms with van der Waals surface area (Å²) in [5.41, 5.74) is 2.66. The van der Waals surface area contributed by atoms with Crippen molar-refractivity contribution in [3.8, 4) is 0 Å². The molecule has 1 heterocycles.